The first-order chi connectivity index (χ1) is 6.28. The Morgan fingerprint density at radius 1 is 1.47 bits per heavy atom. The number of hydrogen-bond donors (Lipinski definition) is 3. The Bertz CT molecular complexity index is 233. The number of ether oxygens (including phenoxy) is 1. The van der Waals surface area contributed by atoms with E-state index in [0.29, 0.717) is 13.0 Å². The normalized spacial score (nSPS) is 12.5. The van der Waals surface area contributed by atoms with Gasteiger partial charge in [0.2, 0.25) is 0 Å². The fourth-order valence-electron chi connectivity index (χ4n) is 0.858. The van der Waals surface area contributed by atoms with E-state index in [4.69, 9.17) is 16.6 Å². The van der Waals surface area contributed by atoms with Crippen LogP contribution in [-0.2, 0) is 35.4 Å². The van der Waals surface area contributed by atoms with E-state index < -0.39 is 18.2 Å². The van der Waals surface area contributed by atoms with Gasteiger partial charge in [0.05, 0.1) is 0 Å². The minimum Gasteiger partial charge on any atom is -0.473 e. The second-order valence-corrected chi connectivity index (χ2v) is 3.82. The largest absolute Gasteiger partial charge is 0.473 e. The van der Waals surface area contributed by atoms with Gasteiger partial charge in [-0.05, 0) is 12.0 Å². The van der Waals surface area contributed by atoms with Crippen LogP contribution in [0.3, 0.4) is 0 Å². The molecule has 5 N–H and O–H groups in total. The van der Waals surface area contributed by atoms with E-state index in [1.54, 1.807) is 0 Å². The summed E-state index contributed by atoms with van der Waals surface area (Å²) in [6.07, 6.45) is -0.611. The van der Waals surface area contributed by atoms with Crippen LogP contribution in [-0.4, -0.2) is 29.8 Å². The van der Waals surface area contributed by atoms with Gasteiger partial charge in [0, 0.05) is 27.5 Å². The molecule has 0 saturated carbocycles. The van der Waals surface area contributed by atoms with Crippen molar-refractivity contribution in [3.63, 3.8) is 0 Å². The predicted octanol–water partition coefficient (Wildman–Crippen LogP) is -0.728. The fraction of sp³-hybridized carbons (Fsp3) is 0.750. The molecule has 0 aromatic rings. The van der Waals surface area contributed by atoms with Crippen LogP contribution in [0.2, 0.25) is 0 Å². The Morgan fingerprint density at radius 3 is 2.27 bits per heavy atom. The minimum atomic E-state index is -1.65. The number of rotatable bonds is 4. The number of carboxylic acids is 1. The average molecular weight is 399 g/mol. The second kappa shape index (κ2) is 6.93. The maximum Gasteiger partial charge on any atom is 0.418 e. The van der Waals surface area contributed by atoms with Crippen LogP contribution in [0.1, 0.15) is 20.3 Å². The topological polar surface area (TPSA) is 116 Å². The van der Waals surface area contributed by atoms with Crippen molar-refractivity contribution in [2.45, 2.75) is 26.5 Å². The number of carbonyl (C=O) groups is 2. The van der Waals surface area contributed by atoms with Gasteiger partial charge in [-0.1, -0.05) is 13.8 Å². The predicted molar refractivity (Wildman–Crippen MR) is 49.2 cm³/mol. The molecule has 0 amide bonds. The molecule has 1 unspecified atom stereocenters. The summed E-state index contributed by atoms with van der Waals surface area (Å²) in [5.74, 6) is -2.99. The number of aliphatic carboxylic acids is 1. The van der Waals surface area contributed by atoms with Gasteiger partial charge < -0.3 is 15.6 Å². The number of esters is 1. The van der Waals surface area contributed by atoms with Crippen molar-refractivity contribution in [2.24, 2.45) is 16.9 Å². The zero-order chi connectivity index (χ0) is 11.4. The van der Waals surface area contributed by atoms with E-state index in [9.17, 15) is 9.59 Å². The van der Waals surface area contributed by atoms with E-state index in [1.807, 2.05) is 13.8 Å². The maximum atomic E-state index is 10.6. The molecule has 1 atom stereocenters. The van der Waals surface area contributed by atoms with Gasteiger partial charge in [0.1, 0.15) is 0 Å². The van der Waals surface area contributed by atoms with E-state index >= 15 is 0 Å². The maximum absolute atomic E-state index is 10.6. The third-order valence-corrected chi connectivity index (χ3v) is 1.74. The van der Waals surface area contributed by atoms with Gasteiger partial charge in [-0.3, -0.25) is 5.73 Å². The molecule has 7 heteroatoms. The molecule has 15 heavy (non-hydrogen) atoms. The third kappa shape index (κ3) is 7.47. The zero-order valence-electron chi connectivity index (χ0n) is 8.63. The van der Waals surface area contributed by atoms with Crippen LogP contribution in [0, 0.1) is 5.41 Å². The molecule has 0 spiro atoms. The van der Waals surface area contributed by atoms with Crippen LogP contribution in [0.15, 0.2) is 0 Å². The van der Waals surface area contributed by atoms with Crippen LogP contribution in [0.25, 0.3) is 0 Å². The summed E-state index contributed by atoms with van der Waals surface area (Å²) in [6, 6.07) is 0. The molecule has 6 nitrogen and oxygen atoms in total. The van der Waals surface area contributed by atoms with E-state index in [0.717, 1.165) is 0 Å². The van der Waals surface area contributed by atoms with Crippen LogP contribution >= 0.6 is 0 Å². The zero-order valence-corrected chi connectivity index (χ0v) is 10.9. The second-order valence-electron chi connectivity index (χ2n) is 3.82. The summed E-state index contributed by atoms with van der Waals surface area (Å²) in [6.45, 7) is 4.08. The van der Waals surface area contributed by atoms with Gasteiger partial charge in [-0.15, -0.1) is 0 Å². The molecule has 0 heterocycles. The number of hydrogen-bond acceptors (Lipinski definition) is 5. The van der Waals surface area contributed by atoms with E-state index in [-0.39, 0.29) is 26.5 Å². The fourth-order valence-corrected chi connectivity index (χ4v) is 0.858. The quantitative estimate of drug-likeness (QED) is 0.326. The van der Waals surface area contributed by atoms with Gasteiger partial charge in [-0.2, -0.15) is 0 Å². The summed E-state index contributed by atoms with van der Waals surface area (Å²) < 4.78 is 4.43. The molecule has 0 saturated heterocycles. The van der Waals surface area contributed by atoms with Gasteiger partial charge in [0.15, 0.2) is 6.23 Å². The van der Waals surface area contributed by atoms with Crippen molar-refractivity contribution < 1.29 is 40.5 Å². The Morgan fingerprint density at radius 2 is 1.93 bits per heavy atom. The Labute approximate surface area is 103 Å². The van der Waals surface area contributed by atoms with Gasteiger partial charge in [0.25, 0.3) is 0 Å². The molecule has 0 aliphatic rings. The molecule has 0 aliphatic heterocycles. The first kappa shape index (κ1) is 17.0. The number of carbonyl (C=O) groups excluding carboxylic acids is 1. The summed E-state index contributed by atoms with van der Waals surface area (Å²) in [5.41, 5.74) is 10.6. The Hall–Kier alpha value is -0.452. The molecule has 0 aliphatic carbocycles. The standard InChI is InChI=1S/C8H16N2O4.Pt/c1-8(2,4-9)3-5(10)14-7(13)6(11)12;/h5H,3-4,9-10H2,1-2H3,(H,11,12);. The summed E-state index contributed by atoms with van der Waals surface area (Å²) in [7, 11) is 0. The molecule has 0 rings (SSSR count). The van der Waals surface area contributed by atoms with Crippen molar-refractivity contribution in [1.29, 1.82) is 0 Å². The van der Waals surface area contributed by atoms with Crippen LogP contribution in [0.5, 0.6) is 0 Å². The molecule has 0 fully saturated rings. The Kier molecular flexibility index (Phi) is 7.83. The Balaban J connectivity index is 0. The van der Waals surface area contributed by atoms with Gasteiger partial charge >= 0.3 is 11.9 Å². The van der Waals surface area contributed by atoms with Crippen molar-refractivity contribution in [3.05, 3.63) is 0 Å². The third-order valence-electron chi connectivity index (χ3n) is 1.74. The molecular weight excluding hydrogens is 383 g/mol. The molecule has 0 bridgehead atoms. The molecule has 0 radical (unpaired) electrons. The van der Waals surface area contributed by atoms with Crippen molar-refractivity contribution in [1.82, 2.24) is 0 Å². The van der Waals surface area contributed by atoms with E-state index in [2.05, 4.69) is 4.74 Å². The summed E-state index contributed by atoms with van der Waals surface area (Å²) in [4.78, 5) is 20.7. The summed E-state index contributed by atoms with van der Waals surface area (Å²) >= 11 is 0. The summed E-state index contributed by atoms with van der Waals surface area (Å²) in [5, 5.41) is 8.23. The first-order valence-electron chi connectivity index (χ1n) is 4.18. The smallest absolute Gasteiger partial charge is 0.418 e. The molecule has 0 aromatic heterocycles. The number of carboxylic acid groups (broad SMARTS) is 1. The van der Waals surface area contributed by atoms with Crippen molar-refractivity contribution >= 4 is 11.9 Å². The average Bonchev–Trinajstić information content (AvgIpc) is 2.02. The number of nitrogens with two attached hydrogens (primary N) is 2. The van der Waals surface area contributed by atoms with Gasteiger partial charge in [-0.25, -0.2) is 9.59 Å². The first-order valence-corrected chi connectivity index (χ1v) is 4.18. The van der Waals surface area contributed by atoms with Crippen molar-refractivity contribution in [2.75, 3.05) is 6.54 Å². The monoisotopic (exact) mass is 399 g/mol. The van der Waals surface area contributed by atoms with Crippen LogP contribution < -0.4 is 11.5 Å². The molecule has 92 valence electrons. The SMILES string of the molecule is CC(C)(CN)CC(N)OC(=O)C(=O)O.[Pt]. The minimum absolute atomic E-state index is 0. The van der Waals surface area contributed by atoms with E-state index in [1.165, 1.54) is 0 Å². The van der Waals surface area contributed by atoms with Crippen LogP contribution in [0.4, 0.5) is 0 Å². The molecular formula is C8H16N2O4Pt. The molecule has 0 aromatic carbocycles. The van der Waals surface area contributed by atoms with Crippen molar-refractivity contribution in [3.8, 4) is 0 Å².